The van der Waals surface area contributed by atoms with Gasteiger partial charge >= 0.3 is 6.03 Å². The molecule has 1 fully saturated rings. The molecule has 25 heavy (non-hydrogen) atoms. The number of carbonyl (C=O) groups is 3. The lowest BCUT2D eigenvalue weighted by Crippen LogP contribution is -2.43. The van der Waals surface area contributed by atoms with E-state index in [0.717, 1.165) is 17.7 Å². The van der Waals surface area contributed by atoms with Crippen molar-refractivity contribution in [2.24, 2.45) is 0 Å². The first-order chi connectivity index (χ1) is 11.8. The van der Waals surface area contributed by atoms with Crippen molar-refractivity contribution in [2.45, 2.75) is 32.2 Å². The number of likely N-dealkylation sites (N-methyl/N-ethyl adjacent to an activating group) is 1. The standard InChI is InChI=1S/C18H25N3O4/c1-5-6-11-20(3)15(22)12-21-16(23)18(2,19-17(21)24)13-7-9-14(25-4)10-8-13/h7-10H,5-6,11-12H2,1-4H3,(H,19,24)/t18-/m0/s1. The van der Waals surface area contributed by atoms with Gasteiger partial charge in [-0.1, -0.05) is 25.5 Å². The van der Waals surface area contributed by atoms with Crippen molar-refractivity contribution in [1.82, 2.24) is 15.1 Å². The molecule has 1 saturated heterocycles. The maximum Gasteiger partial charge on any atom is 0.325 e. The normalized spacial score (nSPS) is 19.8. The van der Waals surface area contributed by atoms with Crippen LogP contribution in [0.5, 0.6) is 5.75 Å². The van der Waals surface area contributed by atoms with Crippen LogP contribution in [-0.4, -0.2) is 54.9 Å². The fourth-order valence-electron chi connectivity index (χ4n) is 2.74. The van der Waals surface area contributed by atoms with Gasteiger partial charge < -0.3 is 15.0 Å². The molecule has 136 valence electrons. The molecule has 2 rings (SSSR count). The van der Waals surface area contributed by atoms with Gasteiger partial charge in [0.2, 0.25) is 5.91 Å². The SMILES string of the molecule is CCCCN(C)C(=O)CN1C(=O)N[C@@](C)(c2ccc(OC)cc2)C1=O. The van der Waals surface area contributed by atoms with Gasteiger partial charge in [0.1, 0.15) is 17.8 Å². The van der Waals surface area contributed by atoms with Crippen LogP contribution < -0.4 is 10.1 Å². The Morgan fingerprint density at radius 1 is 1.28 bits per heavy atom. The molecule has 1 aliphatic heterocycles. The van der Waals surface area contributed by atoms with Crippen molar-refractivity contribution < 1.29 is 19.1 Å². The minimum Gasteiger partial charge on any atom is -0.497 e. The quantitative estimate of drug-likeness (QED) is 0.762. The van der Waals surface area contributed by atoms with E-state index in [1.807, 2.05) is 6.92 Å². The van der Waals surface area contributed by atoms with Crippen LogP contribution in [0.2, 0.25) is 0 Å². The Labute approximate surface area is 147 Å². The van der Waals surface area contributed by atoms with Gasteiger partial charge in [0.15, 0.2) is 0 Å². The first kappa shape index (κ1) is 18.8. The van der Waals surface area contributed by atoms with E-state index in [2.05, 4.69) is 5.32 Å². The van der Waals surface area contributed by atoms with E-state index in [4.69, 9.17) is 4.74 Å². The summed E-state index contributed by atoms with van der Waals surface area (Å²) in [6.07, 6.45) is 1.85. The first-order valence-corrected chi connectivity index (χ1v) is 8.36. The van der Waals surface area contributed by atoms with Crippen LogP contribution in [0.4, 0.5) is 4.79 Å². The molecule has 0 aliphatic carbocycles. The van der Waals surface area contributed by atoms with Gasteiger partial charge in [0.25, 0.3) is 5.91 Å². The van der Waals surface area contributed by atoms with Crippen LogP contribution in [0.3, 0.4) is 0 Å². The summed E-state index contributed by atoms with van der Waals surface area (Å²) in [4.78, 5) is 39.9. The number of methoxy groups -OCH3 is 1. The number of hydrogen-bond donors (Lipinski definition) is 1. The third-order valence-corrected chi connectivity index (χ3v) is 4.51. The number of benzene rings is 1. The Kier molecular flexibility index (Phi) is 5.66. The summed E-state index contributed by atoms with van der Waals surface area (Å²) in [5.41, 5.74) is -0.549. The Morgan fingerprint density at radius 3 is 2.48 bits per heavy atom. The van der Waals surface area contributed by atoms with Crippen molar-refractivity contribution in [3.05, 3.63) is 29.8 Å². The van der Waals surface area contributed by atoms with Gasteiger partial charge in [-0.15, -0.1) is 0 Å². The van der Waals surface area contributed by atoms with Crippen LogP contribution in [0.15, 0.2) is 24.3 Å². The number of ether oxygens (including phenoxy) is 1. The number of hydrogen-bond acceptors (Lipinski definition) is 4. The van der Waals surface area contributed by atoms with E-state index >= 15 is 0 Å². The molecule has 0 aromatic heterocycles. The largest absolute Gasteiger partial charge is 0.497 e. The second-order valence-electron chi connectivity index (χ2n) is 6.34. The summed E-state index contributed by atoms with van der Waals surface area (Å²) in [5, 5.41) is 2.70. The molecule has 1 aliphatic rings. The average Bonchev–Trinajstić information content (AvgIpc) is 2.83. The summed E-state index contributed by atoms with van der Waals surface area (Å²) in [5.74, 6) is -0.0236. The molecule has 1 atom stereocenters. The number of nitrogens with one attached hydrogen (secondary N) is 1. The maximum absolute atomic E-state index is 12.8. The Bertz CT molecular complexity index is 659. The predicted octanol–water partition coefficient (Wildman–Crippen LogP) is 1.72. The molecule has 0 radical (unpaired) electrons. The van der Waals surface area contributed by atoms with Gasteiger partial charge in [-0.3, -0.25) is 14.5 Å². The smallest absolute Gasteiger partial charge is 0.325 e. The molecule has 0 saturated carbocycles. The zero-order valence-electron chi connectivity index (χ0n) is 15.2. The number of amides is 4. The second kappa shape index (κ2) is 7.55. The number of carbonyl (C=O) groups excluding carboxylic acids is 3. The lowest BCUT2D eigenvalue weighted by atomic mass is 9.92. The molecule has 1 aromatic rings. The fraction of sp³-hybridized carbons (Fsp3) is 0.500. The average molecular weight is 347 g/mol. The molecular weight excluding hydrogens is 322 g/mol. The molecule has 4 amide bonds. The van der Waals surface area contributed by atoms with E-state index in [1.54, 1.807) is 50.2 Å². The molecule has 7 nitrogen and oxygen atoms in total. The molecule has 7 heteroatoms. The summed E-state index contributed by atoms with van der Waals surface area (Å²) in [7, 11) is 3.24. The molecule has 1 aromatic carbocycles. The summed E-state index contributed by atoms with van der Waals surface area (Å²) >= 11 is 0. The highest BCUT2D eigenvalue weighted by Gasteiger charge is 2.49. The summed E-state index contributed by atoms with van der Waals surface area (Å²) < 4.78 is 5.11. The zero-order chi connectivity index (χ0) is 18.6. The summed E-state index contributed by atoms with van der Waals surface area (Å²) in [6, 6.07) is 6.37. The third-order valence-electron chi connectivity index (χ3n) is 4.51. The van der Waals surface area contributed by atoms with Crippen molar-refractivity contribution >= 4 is 17.8 Å². The lowest BCUT2D eigenvalue weighted by Gasteiger charge is -2.23. The number of urea groups is 1. The number of unbranched alkanes of at least 4 members (excludes halogenated alkanes) is 1. The topological polar surface area (TPSA) is 79.0 Å². The molecular formula is C18H25N3O4. The van der Waals surface area contributed by atoms with E-state index in [1.165, 1.54) is 0 Å². The fourth-order valence-corrected chi connectivity index (χ4v) is 2.74. The lowest BCUT2D eigenvalue weighted by molar-refractivity contribution is -0.138. The molecule has 1 N–H and O–H groups in total. The number of rotatable bonds is 7. The molecule has 0 bridgehead atoms. The zero-order valence-corrected chi connectivity index (χ0v) is 15.2. The van der Waals surface area contributed by atoms with Crippen LogP contribution in [0.25, 0.3) is 0 Å². The van der Waals surface area contributed by atoms with Crippen molar-refractivity contribution in [2.75, 3.05) is 27.2 Å². The predicted molar refractivity (Wildman–Crippen MR) is 93.1 cm³/mol. The van der Waals surface area contributed by atoms with Crippen LogP contribution >= 0.6 is 0 Å². The summed E-state index contributed by atoms with van der Waals surface area (Å²) in [6.45, 7) is 4.03. The first-order valence-electron chi connectivity index (χ1n) is 8.36. The van der Waals surface area contributed by atoms with E-state index in [0.29, 0.717) is 17.9 Å². The molecule has 1 heterocycles. The van der Waals surface area contributed by atoms with Crippen molar-refractivity contribution in [3.63, 3.8) is 0 Å². The number of imide groups is 1. The van der Waals surface area contributed by atoms with Gasteiger partial charge in [0, 0.05) is 13.6 Å². The minimum atomic E-state index is -1.19. The highest BCUT2D eigenvalue weighted by Crippen LogP contribution is 2.29. The van der Waals surface area contributed by atoms with Gasteiger partial charge in [0.05, 0.1) is 7.11 Å². The van der Waals surface area contributed by atoms with Crippen LogP contribution in [-0.2, 0) is 15.1 Å². The van der Waals surface area contributed by atoms with E-state index in [-0.39, 0.29) is 12.5 Å². The highest BCUT2D eigenvalue weighted by molar-refractivity contribution is 6.09. The van der Waals surface area contributed by atoms with E-state index < -0.39 is 17.5 Å². The molecule has 0 unspecified atom stereocenters. The van der Waals surface area contributed by atoms with E-state index in [9.17, 15) is 14.4 Å². The third kappa shape index (κ3) is 3.75. The molecule has 0 spiro atoms. The Hall–Kier alpha value is -2.57. The number of nitrogens with zero attached hydrogens (tertiary/aromatic N) is 2. The van der Waals surface area contributed by atoms with Gasteiger partial charge in [-0.2, -0.15) is 0 Å². The van der Waals surface area contributed by atoms with Crippen molar-refractivity contribution in [3.8, 4) is 5.75 Å². The van der Waals surface area contributed by atoms with Gasteiger partial charge in [-0.05, 0) is 31.0 Å². The van der Waals surface area contributed by atoms with Crippen LogP contribution in [0, 0.1) is 0 Å². The van der Waals surface area contributed by atoms with Crippen molar-refractivity contribution in [1.29, 1.82) is 0 Å². The Balaban J connectivity index is 2.14. The minimum absolute atomic E-state index is 0.253. The highest BCUT2D eigenvalue weighted by atomic mass is 16.5. The maximum atomic E-state index is 12.8. The Morgan fingerprint density at radius 2 is 1.92 bits per heavy atom. The monoisotopic (exact) mass is 347 g/mol. The second-order valence-corrected chi connectivity index (χ2v) is 6.34. The van der Waals surface area contributed by atoms with Gasteiger partial charge in [-0.25, -0.2) is 4.79 Å². The van der Waals surface area contributed by atoms with Crippen LogP contribution in [0.1, 0.15) is 32.3 Å².